The molecule has 16 heavy (non-hydrogen) atoms. The van der Waals surface area contributed by atoms with Crippen molar-refractivity contribution in [1.82, 2.24) is 0 Å². The predicted octanol–water partition coefficient (Wildman–Crippen LogP) is 3.21. The molecule has 2 nitrogen and oxygen atoms in total. The molecule has 0 spiro atoms. The van der Waals surface area contributed by atoms with Gasteiger partial charge in [-0.2, -0.15) is 0 Å². The summed E-state index contributed by atoms with van der Waals surface area (Å²) < 4.78 is 18.5. The number of benzene rings is 2. The van der Waals surface area contributed by atoms with Crippen LogP contribution in [0.4, 0.5) is 4.39 Å². The zero-order valence-electron chi connectivity index (χ0n) is 8.77. The molecule has 0 unspecified atom stereocenters. The quantitative estimate of drug-likeness (QED) is 0.838. The molecule has 0 atom stereocenters. The van der Waals surface area contributed by atoms with Crippen molar-refractivity contribution in [3.63, 3.8) is 0 Å². The maximum Gasteiger partial charge on any atom is 0.165 e. The summed E-state index contributed by atoms with van der Waals surface area (Å²) in [6.45, 7) is 0. The predicted molar refractivity (Wildman–Crippen MR) is 60.1 cm³/mol. The molecule has 0 aromatic heterocycles. The van der Waals surface area contributed by atoms with Gasteiger partial charge in [-0.3, -0.25) is 0 Å². The number of rotatable bonds is 2. The van der Waals surface area contributed by atoms with Gasteiger partial charge in [0.25, 0.3) is 0 Å². The van der Waals surface area contributed by atoms with E-state index in [1.54, 1.807) is 36.4 Å². The molecule has 2 rings (SSSR count). The zero-order valence-corrected chi connectivity index (χ0v) is 8.77. The maximum atomic E-state index is 13.5. The van der Waals surface area contributed by atoms with Crippen molar-refractivity contribution in [2.45, 2.75) is 0 Å². The lowest BCUT2D eigenvalue weighted by atomic mass is 10.0. The van der Waals surface area contributed by atoms with Gasteiger partial charge in [0.2, 0.25) is 0 Å². The van der Waals surface area contributed by atoms with Gasteiger partial charge in [0.15, 0.2) is 11.5 Å². The molecule has 0 aliphatic heterocycles. The molecular formula is C13H11FO2. The smallest absolute Gasteiger partial charge is 0.165 e. The van der Waals surface area contributed by atoms with E-state index in [1.807, 2.05) is 0 Å². The Kier molecular flexibility index (Phi) is 2.77. The average molecular weight is 218 g/mol. The van der Waals surface area contributed by atoms with Crippen molar-refractivity contribution in [1.29, 1.82) is 0 Å². The van der Waals surface area contributed by atoms with Crippen LogP contribution in [-0.4, -0.2) is 12.2 Å². The van der Waals surface area contributed by atoms with Crippen molar-refractivity contribution < 1.29 is 14.2 Å². The zero-order chi connectivity index (χ0) is 11.5. The normalized spacial score (nSPS) is 10.1. The van der Waals surface area contributed by atoms with Gasteiger partial charge in [0.1, 0.15) is 5.82 Å². The van der Waals surface area contributed by atoms with Crippen LogP contribution in [0.2, 0.25) is 0 Å². The fraction of sp³-hybridized carbons (Fsp3) is 0.0769. The van der Waals surface area contributed by atoms with Crippen LogP contribution >= 0.6 is 0 Å². The van der Waals surface area contributed by atoms with E-state index in [1.165, 1.54) is 13.2 Å². The first-order valence-electron chi connectivity index (χ1n) is 4.85. The summed E-state index contributed by atoms with van der Waals surface area (Å²) in [5, 5.41) is 9.88. The highest BCUT2D eigenvalue weighted by molar-refractivity contribution is 5.73. The number of para-hydroxylation sites is 1. The van der Waals surface area contributed by atoms with Crippen molar-refractivity contribution in [2.75, 3.05) is 7.11 Å². The SMILES string of the molecule is COc1cccc(-c2ccccc2F)c1O. The molecular weight excluding hydrogens is 207 g/mol. The molecule has 0 bridgehead atoms. The Hall–Kier alpha value is -2.03. The van der Waals surface area contributed by atoms with E-state index in [0.717, 1.165) is 0 Å². The van der Waals surface area contributed by atoms with Crippen molar-refractivity contribution in [2.24, 2.45) is 0 Å². The molecule has 2 aromatic carbocycles. The van der Waals surface area contributed by atoms with Gasteiger partial charge in [-0.25, -0.2) is 4.39 Å². The van der Waals surface area contributed by atoms with Crippen LogP contribution in [0, 0.1) is 5.82 Å². The Labute approximate surface area is 92.9 Å². The summed E-state index contributed by atoms with van der Waals surface area (Å²) in [5.74, 6) is -0.0816. The lowest BCUT2D eigenvalue weighted by molar-refractivity contribution is 0.374. The molecule has 0 fully saturated rings. The number of hydrogen-bond acceptors (Lipinski definition) is 2. The van der Waals surface area contributed by atoms with Crippen LogP contribution in [0.1, 0.15) is 0 Å². The minimum atomic E-state index is -0.369. The first kappa shape index (κ1) is 10.5. The summed E-state index contributed by atoms with van der Waals surface area (Å²) in [5.41, 5.74) is 0.788. The van der Waals surface area contributed by atoms with E-state index in [0.29, 0.717) is 16.9 Å². The molecule has 0 saturated carbocycles. The molecule has 2 aromatic rings. The summed E-state index contributed by atoms with van der Waals surface area (Å²) in [6.07, 6.45) is 0. The fourth-order valence-corrected chi connectivity index (χ4v) is 1.58. The van der Waals surface area contributed by atoms with Crippen LogP contribution in [0.25, 0.3) is 11.1 Å². The van der Waals surface area contributed by atoms with Gasteiger partial charge in [0, 0.05) is 11.1 Å². The highest BCUT2D eigenvalue weighted by atomic mass is 19.1. The molecule has 3 heteroatoms. The van der Waals surface area contributed by atoms with Gasteiger partial charge in [-0.05, 0) is 12.1 Å². The number of phenolic OH excluding ortho intramolecular Hbond substituents is 1. The Balaban J connectivity index is 2.61. The highest BCUT2D eigenvalue weighted by Crippen LogP contribution is 2.37. The van der Waals surface area contributed by atoms with Crippen LogP contribution in [0.5, 0.6) is 11.5 Å². The summed E-state index contributed by atoms with van der Waals surface area (Å²) in [4.78, 5) is 0. The molecule has 1 N–H and O–H groups in total. The van der Waals surface area contributed by atoms with E-state index >= 15 is 0 Å². The summed E-state index contributed by atoms with van der Waals surface area (Å²) in [6, 6.07) is 11.3. The number of methoxy groups -OCH3 is 1. The fourth-order valence-electron chi connectivity index (χ4n) is 1.58. The van der Waals surface area contributed by atoms with Crippen LogP contribution < -0.4 is 4.74 Å². The third-order valence-corrected chi connectivity index (χ3v) is 2.38. The third kappa shape index (κ3) is 1.72. The van der Waals surface area contributed by atoms with Crippen molar-refractivity contribution in [3.05, 3.63) is 48.3 Å². The Morgan fingerprint density at radius 1 is 1.00 bits per heavy atom. The molecule has 0 aliphatic carbocycles. The van der Waals surface area contributed by atoms with Gasteiger partial charge in [-0.1, -0.05) is 30.3 Å². The van der Waals surface area contributed by atoms with E-state index < -0.39 is 0 Å². The average Bonchev–Trinajstić information content (AvgIpc) is 2.31. The van der Waals surface area contributed by atoms with Crippen LogP contribution in [-0.2, 0) is 0 Å². The van der Waals surface area contributed by atoms with Gasteiger partial charge in [-0.15, -0.1) is 0 Å². The second-order valence-electron chi connectivity index (χ2n) is 3.34. The molecule has 0 radical (unpaired) electrons. The minimum Gasteiger partial charge on any atom is -0.504 e. The van der Waals surface area contributed by atoms with Crippen molar-refractivity contribution in [3.8, 4) is 22.6 Å². The van der Waals surface area contributed by atoms with Crippen molar-refractivity contribution >= 4 is 0 Å². The van der Waals surface area contributed by atoms with E-state index in [9.17, 15) is 9.50 Å². The topological polar surface area (TPSA) is 29.5 Å². The largest absolute Gasteiger partial charge is 0.504 e. The van der Waals surface area contributed by atoms with Gasteiger partial charge >= 0.3 is 0 Å². The van der Waals surface area contributed by atoms with E-state index in [2.05, 4.69) is 0 Å². The molecule has 0 aliphatic rings. The lowest BCUT2D eigenvalue weighted by Crippen LogP contribution is -1.88. The molecule has 0 saturated heterocycles. The lowest BCUT2D eigenvalue weighted by Gasteiger charge is -2.09. The summed E-state index contributed by atoms with van der Waals surface area (Å²) >= 11 is 0. The maximum absolute atomic E-state index is 13.5. The second kappa shape index (κ2) is 4.23. The highest BCUT2D eigenvalue weighted by Gasteiger charge is 2.11. The Morgan fingerprint density at radius 3 is 2.38 bits per heavy atom. The van der Waals surface area contributed by atoms with E-state index in [-0.39, 0.29) is 11.6 Å². The first-order chi connectivity index (χ1) is 7.74. The van der Waals surface area contributed by atoms with Crippen LogP contribution in [0.15, 0.2) is 42.5 Å². The minimum absolute atomic E-state index is 0.0462. The third-order valence-electron chi connectivity index (χ3n) is 2.38. The standard InChI is InChI=1S/C13H11FO2/c1-16-12-8-4-6-10(13(12)15)9-5-2-3-7-11(9)14/h2-8,15H,1H3. The monoisotopic (exact) mass is 218 g/mol. The van der Waals surface area contributed by atoms with Gasteiger partial charge in [0.05, 0.1) is 7.11 Å². The number of ether oxygens (including phenoxy) is 1. The molecule has 0 heterocycles. The number of phenols is 1. The number of aromatic hydroxyl groups is 1. The summed E-state index contributed by atoms with van der Waals surface area (Å²) in [7, 11) is 1.46. The van der Waals surface area contributed by atoms with Crippen LogP contribution in [0.3, 0.4) is 0 Å². The van der Waals surface area contributed by atoms with Gasteiger partial charge < -0.3 is 9.84 Å². The first-order valence-corrected chi connectivity index (χ1v) is 4.85. The number of halogens is 1. The number of hydrogen-bond donors (Lipinski definition) is 1. The Morgan fingerprint density at radius 2 is 1.69 bits per heavy atom. The second-order valence-corrected chi connectivity index (χ2v) is 3.34. The molecule has 0 amide bonds. The molecule has 82 valence electrons. The Bertz CT molecular complexity index is 509. The van der Waals surface area contributed by atoms with E-state index in [4.69, 9.17) is 4.74 Å².